The maximum atomic E-state index is 3.54. The highest BCUT2D eigenvalue weighted by Crippen LogP contribution is 2.33. The molecule has 1 rings (SSSR count). The molecular weight excluding hydrogens is 146 g/mol. The van der Waals surface area contributed by atoms with Crippen LogP contribution in [-0.4, -0.2) is 12.6 Å². The van der Waals surface area contributed by atoms with Gasteiger partial charge >= 0.3 is 0 Å². The van der Waals surface area contributed by atoms with Crippen LogP contribution in [0.4, 0.5) is 0 Å². The summed E-state index contributed by atoms with van der Waals surface area (Å²) >= 11 is 0. The molecule has 1 heteroatoms. The zero-order valence-electron chi connectivity index (χ0n) is 9.15. The number of hydrogen-bond donors (Lipinski definition) is 1. The summed E-state index contributed by atoms with van der Waals surface area (Å²) in [5.41, 5.74) is 0.485. The Hall–Kier alpha value is -0.0400. The van der Waals surface area contributed by atoms with Gasteiger partial charge in [0, 0.05) is 6.04 Å². The average molecular weight is 169 g/mol. The second kappa shape index (κ2) is 3.37. The van der Waals surface area contributed by atoms with E-state index in [1.807, 2.05) is 0 Å². The van der Waals surface area contributed by atoms with E-state index < -0.39 is 0 Å². The normalized spacial score (nSPS) is 37.2. The second-order valence-corrected chi connectivity index (χ2v) is 5.60. The van der Waals surface area contributed by atoms with E-state index >= 15 is 0 Å². The van der Waals surface area contributed by atoms with Crippen LogP contribution < -0.4 is 5.32 Å². The van der Waals surface area contributed by atoms with Crippen LogP contribution in [0.15, 0.2) is 0 Å². The molecule has 0 bridgehead atoms. The molecule has 1 saturated heterocycles. The predicted octanol–water partition coefficient (Wildman–Crippen LogP) is 2.67. The van der Waals surface area contributed by atoms with E-state index in [0.29, 0.717) is 5.41 Å². The van der Waals surface area contributed by atoms with Gasteiger partial charge in [-0.2, -0.15) is 0 Å². The first-order chi connectivity index (χ1) is 5.40. The predicted molar refractivity (Wildman–Crippen MR) is 54.2 cm³/mol. The molecule has 1 N–H and O–H groups in total. The third-order valence-corrected chi connectivity index (χ3v) is 2.98. The first-order valence-electron chi connectivity index (χ1n) is 5.13. The highest BCUT2D eigenvalue weighted by molar-refractivity contribution is 4.87. The third-order valence-electron chi connectivity index (χ3n) is 2.98. The monoisotopic (exact) mass is 169 g/mol. The van der Waals surface area contributed by atoms with Gasteiger partial charge in [0.05, 0.1) is 0 Å². The average Bonchev–Trinajstić information content (AvgIpc) is 2.16. The first kappa shape index (κ1) is 10.0. The molecule has 72 valence electrons. The summed E-state index contributed by atoms with van der Waals surface area (Å²) in [5.74, 6) is 1.74. The second-order valence-electron chi connectivity index (χ2n) is 5.60. The quantitative estimate of drug-likeness (QED) is 0.636. The van der Waals surface area contributed by atoms with E-state index in [1.165, 1.54) is 13.0 Å². The summed E-state index contributed by atoms with van der Waals surface area (Å²) in [4.78, 5) is 0. The SMILES string of the molecule is CC1CNC(C)C1CC(C)(C)C. The standard InChI is InChI=1S/C11H23N/c1-8-7-12-9(2)10(8)6-11(3,4)5/h8-10,12H,6-7H2,1-5H3. The van der Waals surface area contributed by atoms with Gasteiger partial charge < -0.3 is 5.32 Å². The van der Waals surface area contributed by atoms with Crippen molar-refractivity contribution in [1.82, 2.24) is 5.32 Å². The van der Waals surface area contributed by atoms with Crippen LogP contribution in [0.25, 0.3) is 0 Å². The van der Waals surface area contributed by atoms with E-state index in [2.05, 4.69) is 39.9 Å². The lowest BCUT2D eigenvalue weighted by atomic mass is 9.78. The maximum absolute atomic E-state index is 3.54. The fourth-order valence-electron chi connectivity index (χ4n) is 2.25. The van der Waals surface area contributed by atoms with Gasteiger partial charge in [0.1, 0.15) is 0 Å². The molecule has 0 amide bonds. The lowest BCUT2D eigenvalue weighted by molar-refractivity contribution is 0.247. The van der Waals surface area contributed by atoms with Gasteiger partial charge in [0.2, 0.25) is 0 Å². The van der Waals surface area contributed by atoms with Crippen LogP contribution in [0.2, 0.25) is 0 Å². The summed E-state index contributed by atoms with van der Waals surface area (Å²) in [6, 6.07) is 0.722. The molecule has 1 aliphatic heterocycles. The molecule has 1 heterocycles. The van der Waals surface area contributed by atoms with Crippen molar-refractivity contribution in [2.45, 2.75) is 47.1 Å². The van der Waals surface area contributed by atoms with Crippen molar-refractivity contribution in [2.24, 2.45) is 17.3 Å². The Morgan fingerprint density at radius 2 is 1.83 bits per heavy atom. The molecule has 0 aromatic rings. The molecule has 0 spiro atoms. The maximum Gasteiger partial charge on any atom is 0.00703 e. The Kier molecular flexibility index (Phi) is 2.82. The van der Waals surface area contributed by atoms with Crippen molar-refractivity contribution >= 4 is 0 Å². The zero-order chi connectivity index (χ0) is 9.35. The molecule has 1 nitrogen and oxygen atoms in total. The molecule has 0 radical (unpaired) electrons. The van der Waals surface area contributed by atoms with Crippen molar-refractivity contribution < 1.29 is 0 Å². The zero-order valence-corrected chi connectivity index (χ0v) is 9.15. The minimum atomic E-state index is 0.485. The highest BCUT2D eigenvalue weighted by atomic mass is 15.0. The van der Waals surface area contributed by atoms with Crippen molar-refractivity contribution in [3.05, 3.63) is 0 Å². The summed E-state index contributed by atoms with van der Waals surface area (Å²) in [6.45, 7) is 12.9. The van der Waals surface area contributed by atoms with Crippen molar-refractivity contribution in [2.75, 3.05) is 6.54 Å². The van der Waals surface area contributed by atoms with E-state index in [9.17, 15) is 0 Å². The van der Waals surface area contributed by atoms with Crippen LogP contribution >= 0.6 is 0 Å². The van der Waals surface area contributed by atoms with E-state index in [0.717, 1.165) is 17.9 Å². The molecule has 1 fully saturated rings. The minimum Gasteiger partial charge on any atom is -0.314 e. The van der Waals surface area contributed by atoms with Crippen LogP contribution in [-0.2, 0) is 0 Å². The lowest BCUT2D eigenvalue weighted by Gasteiger charge is -2.27. The third kappa shape index (κ3) is 2.48. The van der Waals surface area contributed by atoms with E-state index in [-0.39, 0.29) is 0 Å². The summed E-state index contributed by atoms with van der Waals surface area (Å²) in [5, 5.41) is 3.54. The van der Waals surface area contributed by atoms with Gasteiger partial charge in [0.15, 0.2) is 0 Å². The number of hydrogen-bond acceptors (Lipinski definition) is 1. The smallest absolute Gasteiger partial charge is 0.00703 e. The fourth-order valence-corrected chi connectivity index (χ4v) is 2.25. The topological polar surface area (TPSA) is 12.0 Å². The van der Waals surface area contributed by atoms with Crippen molar-refractivity contribution in [1.29, 1.82) is 0 Å². The van der Waals surface area contributed by atoms with Crippen LogP contribution in [0.3, 0.4) is 0 Å². The van der Waals surface area contributed by atoms with Gasteiger partial charge in [0.25, 0.3) is 0 Å². The summed E-state index contributed by atoms with van der Waals surface area (Å²) in [7, 11) is 0. The van der Waals surface area contributed by atoms with Crippen molar-refractivity contribution in [3.8, 4) is 0 Å². The van der Waals surface area contributed by atoms with Gasteiger partial charge in [-0.1, -0.05) is 27.7 Å². The number of rotatable bonds is 1. The molecule has 3 atom stereocenters. The van der Waals surface area contributed by atoms with Crippen LogP contribution in [0.1, 0.15) is 41.0 Å². The van der Waals surface area contributed by atoms with Gasteiger partial charge in [-0.05, 0) is 37.1 Å². The van der Waals surface area contributed by atoms with Gasteiger partial charge in [-0.3, -0.25) is 0 Å². The molecule has 0 saturated carbocycles. The fraction of sp³-hybridized carbons (Fsp3) is 1.00. The lowest BCUT2D eigenvalue weighted by Crippen LogP contribution is -2.26. The van der Waals surface area contributed by atoms with E-state index in [4.69, 9.17) is 0 Å². The molecular formula is C11H23N. The Morgan fingerprint density at radius 1 is 1.25 bits per heavy atom. The molecule has 3 unspecified atom stereocenters. The molecule has 0 aromatic carbocycles. The van der Waals surface area contributed by atoms with Gasteiger partial charge in [-0.25, -0.2) is 0 Å². The molecule has 0 aliphatic carbocycles. The summed E-state index contributed by atoms with van der Waals surface area (Å²) < 4.78 is 0. The highest BCUT2D eigenvalue weighted by Gasteiger charge is 2.32. The Bertz CT molecular complexity index is 136. The van der Waals surface area contributed by atoms with E-state index in [1.54, 1.807) is 0 Å². The molecule has 1 aliphatic rings. The number of nitrogens with one attached hydrogen (secondary N) is 1. The van der Waals surface area contributed by atoms with Gasteiger partial charge in [-0.15, -0.1) is 0 Å². The Labute approximate surface area is 76.9 Å². The van der Waals surface area contributed by atoms with Crippen molar-refractivity contribution in [3.63, 3.8) is 0 Å². The molecule has 12 heavy (non-hydrogen) atoms. The Morgan fingerprint density at radius 3 is 2.17 bits per heavy atom. The van der Waals surface area contributed by atoms with Crippen LogP contribution in [0.5, 0.6) is 0 Å². The Balaban J connectivity index is 2.50. The summed E-state index contributed by atoms with van der Waals surface area (Å²) in [6.07, 6.45) is 1.35. The largest absolute Gasteiger partial charge is 0.314 e. The first-order valence-corrected chi connectivity index (χ1v) is 5.13. The van der Waals surface area contributed by atoms with Crippen LogP contribution in [0, 0.1) is 17.3 Å². The minimum absolute atomic E-state index is 0.485. The molecule has 0 aromatic heterocycles.